The second kappa shape index (κ2) is 9.53. The molecule has 0 amide bonds. The summed E-state index contributed by atoms with van der Waals surface area (Å²) < 4.78 is 68.6. The standard InChI is InChI=1S/C23H21ClF3N3O3S/c24-19-7-6-17(23(25,26)27)14-21(19)30(34(32,33)18-4-2-1-3-5-18)20-10-13-29(22(20)31)15-16-8-11-28-12-9-16/h1-9,11-12,14,20,22,31H,10,13,15H2. The number of nitrogens with zero attached hydrogens (tertiary/aromatic N) is 3. The number of alkyl halides is 3. The lowest BCUT2D eigenvalue weighted by Gasteiger charge is -2.34. The Bertz CT molecular complexity index is 1240. The summed E-state index contributed by atoms with van der Waals surface area (Å²) in [5, 5.41) is 10.9. The molecule has 1 N–H and O–H groups in total. The number of aliphatic hydroxyl groups excluding tert-OH is 1. The van der Waals surface area contributed by atoms with Crippen molar-refractivity contribution in [2.24, 2.45) is 0 Å². The number of aliphatic hydroxyl groups is 1. The summed E-state index contributed by atoms with van der Waals surface area (Å²) in [6.45, 7) is 0.640. The predicted molar refractivity (Wildman–Crippen MR) is 122 cm³/mol. The van der Waals surface area contributed by atoms with Crippen LogP contribution in [0.1, 0.15) is 17.5 Å². The second-order valence-corrected chi connectivity index (χ2v) is 10.1. The SMILES string of the molecule is O=S(=O)(c1ccccc1)N(c1cc(C(F)(F)F)ccc1Cl)C1CCN(Cc2ccncc2)C1O. The van der Waals surface area contributed by atoms with Crippen molar-refractivity contribution in [1.29, 1.82) is 0 Å². The number of pyridine rings is 1. The van der Waals surface area contributed by atoms with Gasteiger partial charge in [-0.05, 0) is 54.4 Å². The lowest BCUT2D eigenvalue weighted by atomic mass is 10.1. The molecule has 0 bridgehead atoms. The number of rotatable bonds is 6. The molecule has 0 radical (unpaired) electrons. The number of benzene rings is 2. The van der Waals surface area contributed by atoms with Gasteiger partial charge in [-0.2, -0.15) is 13.2 Å². The fourth-order valence-corrected chi connectivity index (χ4v) is 5.97. The van der Waals surface area contributed by atoms with Crippen LogP contribution in [0.15, 0.2) is 78.0 Å². The van der Waals surface area contributed by atoms with Crippen LogP contribution in [0, 0.1) is 0 Å². The third kappa shape index (κ3) is 4.90. The van der Waals surface area contributed by atoms with Gasteiger partial charge in [0.05, 0.1) is 27.2 Å². The highest BCUT2D eigenvalue weighted by atomic mass is 35.5. The Morgan fingerprint density at radius 2 is 1.76 bits per heavy atom. The number of aromatic nitrogens is 1. The van der Waals surface area contributed by atoms with Gasteiger partial charge in [0.1, 0.15) is 6.23 Å². The van der Waals surface area contributed by atoms with E-state index in [9.17, 15) is 26.7 Å². The average Bonchev–Trinajstić information content (AvgIpc) is 3.15. The maximum Gasteiger partial charge on any atom is 0.416 e. The molecule has 0 saturated carbocycles. The van der Waals surface area contributed by atoms with E-state index in [2.05, 4.69) is 4.98 Å². The van der Waals surface area contributed by atoms with Crippen LogP contribution in [-0.4, -0.2) is 42.2 Å². The zero-order chi connectivity index (χ0) is 24.5. The maximum atomic E-state index is 13.7. The van der Waals surface area contributed by atoms with Crippen LogP contribution in [0.3, 0.4) is 0 Å². The van der Waals surface area contributed by atoms with Gasteiger partial charge >= 0.3 is 6.18 Å². The van der Waals surface area contributed by atoms with E-state index in [4.69, 9.17) is 11.6 Å². The minimum atomic E-state index is -4.71. The van der Waals surface area contributed by atoms with Crippen LogP contribution in [0.25, 0.3) is 0 Å². The third-order valence-electron chi connectivity index (χ3n) is 5.68. The second-order valence-electron chi connectivity index (χ2n) is 7.87. The third-order valence-corrected chi connectivity index (χ3v) is 7.85. The highest BCUT2D eigenvalue weighted by molar-refractivity contribution is 7.92. The number of halogens is 4. The fourth-order valence-electron chi connectivity index (χ4n) is 4.01. The van der Waals surface area contributed by atoms with Gasteiger partial charge in [0.15, 0.2) is 0 Å². The summed E-state index contributed by atoms with van der Waals surface area (Å²) in [6.07, 6.45) is -2.60. The first-order valence-electron chi connectivity index (χ1n) is 10.4. The van der Waals surface area contributed by atoms with E-state index in [1.165, 1.54) is 24.3 Å². The number of sulfonamides is 1. The van der Waals surface area contributed by atoms with Crippen molar-refractivity contribution in [3.8, 4) is 0 Å². The molecule has 1 fully saturated rings. The van der Waals surface area contributed by atoms with Crippen LogP contribution in [0.4, 0.5) is 18.9 Å². The maximum absolute atomic E-state index is 13.7. The van der Waals surface area contributed by atoms with Crippen molar-refractivity contribution in [2.75, 3.05) is 10.8 Å². The largest absolute Gasteiger partial charge is 0.416 e. The van der Waals surface area contributed by atoms with E-state index in [0.29, 0.717) is 19.2 Å². The van der Waals surface area contributed by atoms with E-state index < -0.39 is 34.0 Å². The van der Waals surface area contributed by atoms with Crippen LogP contribution in [-0.2, 0) is 22.7 Å². The Labute approximate surface area is 200 Å². The first kappa shape index (κ1) is 24.5. The number of hydrogen-bond donors (Lipinski definition) is 1. The van der Waals surface area contributed by atoms with Gasteiger partial charge in [-0.15, -0.1) is 0 Å². The molecule has 34 heavy (non-hydrogen) atoms. The molecule has 1 aliphatic rings. The smallest absolute Gasteiger partial charge is 0.376 e. The van der Waals surface area contributed by atoms with Gasteiger partial charge in [-0.1, -0.05) is 29.8 Å². The summed E-state index contributed by atoms with van der Waals surface area (Å²) in [5.41, 5.74) is -0.527. The molecule has 0 aliphatic carbocycles. The summed E-state index contributed by atoms with van der Waals surface area (Å²) in [6, 6.07) is 12.3. The zero-order valence-electron chi connectivity index (χ0n) is 17.7. The van der Waals surface area contributed by atoms with Crippen LogP contribution >= 0.6 is 11.6 Å². The first-order valence-corrected chi connectivity index (χ1v) is 12.2. The Balaban J connectivity index is 1.79. The van der Waals surface area contributed by atoms with Crippen molar-refractivity contribution in [3.63, 3.8) is 0 Å². The molecular weight excluding hydrogens is 491 g/mol. The molecule has 1 saturated heterocycles. The topological polar surface area (TPSA) is 73.7 Å². The molecule has 2 aromatic carbocycles. The number of likely N-dealkylation sites (tertiary alicyclic amines) is 1. The van der Waals surface area contributed by atoms with Crippen LogP contribution in [0.2, 0.25) is 5.02 Å². The summed E-state index contributed by atoms with van der Waals surface area (Å²) in [4.78, 5) is 5.49. The van der Waals surface area contributed by atoms with E-state index in [1.54, 1.807) is 35.5 Å². The van der Waals surface area contributed by atoms with Gasteiger partial charge in [0.25, 0.3) is 10.0 Å². The van der Waals surface area contributed by atoms with Gasteiger partial charge in [-0.3, -0.25) is 14.2 Å². The van der Waals surface area contributed by atoms with Crippen LogP contribution in [0.5, 0.6) is 0 Å². The Kier molecular flexibility index (Phi) is 6.86. The van der Waals surface area contributed by atoms with Crippen molar-refractivity contribution < 1.29 is 26.7 Å². The minimum Gasteiger partial charge on any atom is -0.376 e. The van der Waals surface area contributed by atoms with Crippen molar-refractivity contribution in [1.82, 2.24) is 9.88 Å². The molecule has 3 aromatic rings. The lowest BCUT2D eigenvalue weighted by molar-refractivity contribution is -0.137. The van der Waals surface area contributed by atoms with Gasteiger partial charge in [-0.25, -0.2) is 8.42 Å². The van der Waals surface area contributed by atoms with E-state index in [-0.39, 0.29) is 22.0 Å². The van der Waals surface area contributed by atoms with E-state index >= 15 is 0 Å². The van der Waals surface area contributed by atoms with Gasteiger partial charge in [0.2, 0.25) is 0 Å². The number of anilines is 1. The fraction of sp³-hybridized carbons (Fsp3) is 0.261. The minimum absolute atomic E-state index is 0.122. The number of hydrogen-bond acceptors (Lipinski definition) is 5. The Morgan fingerprint density at radius 1 is 1.09 bits per heavy atom. The molecule has 0 spiro atoms. The Morgan fingerprint density at radius 3 is 2.41 bits per heavy atom. The monoisotopic (exact) mass is 511 g/mol. The molecule has 1 aromatic heterocycles. The van der Waals surface area contributed by atoms with Crippen molar-refractivity contribution in [3.05, 3.63) is 89.2 Å². The molecular formula is C23H21ClF3N3O3S. The lowest BCUT2D eigenvalue weighted by Crippen LogP contribution is -2.48. The van der Waals surface area contributed by atoms with E-state index in [1.807, 2.05) is 0 Å². The highest BCUT2D eigenvalue weighted by Gasteiger charge is 2.44. The molecule has 11 heteroatoms. The summed E-state index contributed by atoms with van der Waals surface area (Å²) in [5.74, 6) is 0. The van der Waals surface area contributed by atoms with Crippen molar-refractivity contribution in [2.45, 2.75) is 36.3 Å². The zero-order valence-corrected chi connectivity index (χ0v) is 19.3. The Hall–Kier alpha value is -2.66. The van der Waals surface area contributed by atoms with Gasteiger partial charge in [0, 0.05) is 25.5 Å². The predicted octanol–water partition coefficient (Wildman–Crippen LogP) is 4.54. The molecule has 2 heterocycles. The summed E-state index contributed by atoms with van der Waals surface area (Å²) in [7, 11) is -4.37. The van der Waals surface area contributed by atoms with Crippen LogP contribution < -0.4 is 4.31 Å². The molecule has 1 aliphatic heterocycles. The van der Waals surface area contributed by atoms with Crippen molar-refractivity contribution >= 4 is 27.3 Å². The molecule has 2 unspecified atom stereocenters. The average molecular weight is 512 g/mol. The quantitative estimate of drug-likeness (QED) is 0.526. The molecule has 6 nitrogen and oxygen atoms in total. The molecule has 180 valence electrons. The van der Waals surface area contributed by atoms with Gasteiger partial charge < -0.3 is 5.11 Å². The first-order chi connectivity index (χ1) is 16.1. The van der Waals surface area contributed by atoms with E-state index in [0.717, 1.165) is 22.0 Å². The summed E-state index contributed by atoms with van der Waals surface area (Å²) >= 11 is 6.25. The molecule has 2 atom stereocenters. The highest BCUT2D eigenvalue weighted by Crippen LogP contribution is 2.40. The normalized spacial score (nSPS) is 19.3. The molecule has 4 rings (SSSR count).